The standard InChI is InChI=1S/C18H25NO2/c20-17-9-5-4-8-16(17)19-12-10-15(11-13-19)18(21)14-6-2-1-3-7-14/h1-3,6-7,15-17,20H,4-5,8-13H2/t16-,17-/m1/s1. The van der Waals surface area contributed by atoms with Crippen molar-refractivity contribution >= 4 is 5.78 Å². The molecular formula is C18H25NO2. The predicted molar refractivity (Wildman–Crippen MR) is 83.3 cm³/mol. The fourth-order valence-corrected chi connectivity index (χ4v) is 3.85. The Morgan fingerprint density at radius 1 is 1.00 bits per heavy atom. The van der Waals surface area contributed by atoms with Crippen LogP contribution in [0.4, 0.5) is 0 Å². The fraction of sp³-hybridized carbons (Fsp3) is 0.611. The zero-order valence-corrected chi connectivity index (χ0v) is 12.6. The lowest BCUT2D eigenvalue weighted by Crippen LogP contribution is -2.49. The lowest BCUT2D eigenvalue weighted by molar-refractivity contribution is 0.00500. The smallest absolute Gasteiger partial charge is 0.166 e. The number of benzene rings is 1. The summed E-state index contributed by atoms with van der Waals surface area (Å²) in [5, 5.41) is 10.2. The number of Topliss-reactive ketones (excluding diaryl/α,β-unsaturated/α-hetero) is 1. The van der Waals surface area contributed by atoms with Crippen molar-refractivity contribution in [3.8, 4) is 0 Å². The minimum Gasteiger partial charge on any atom is -0.391 e. The van der Waals surface area contributed by atoms with Gasteiger partial charge >= 0.3 is 0 Å². The van der Waals surface area contributed by atoms with Crippen LogP contribution in [0.2, 0.25) is 0 Å². The molecule has 1 aliphatic heterocycles. The van der Waals surface area contributed by atoms with Gasteiger partial charge in [0, 0.05) is 17.5 Å². The van der Waals surface area contributed by atoms with E-state index in [1.165, 1.54) is 6.42 Å². The first-order valence-corrected chi connectivity index (χ1v) is 8.27. The Labute approximate surface area is 127 Å². The number of nitrogens with zero attached hydrogens (tertiary/aromatic N) is 1. The summed E-state index contributed by atoms with van der Waals surface area (Å²) in [6.45, 7) is 1.90. The van der Waals surface area contributed by atoms with Crippen molar-refractivity contribution in [2.75, 3.05) is 13.1 Å². The van der Waals surface area contributed by atoms with E-state index in [0.717, 1.165) is 50.8 Å². The highest BCUT2D eigenvalue weighted by atomic mass is 16.3. The van der Waals surface area contributed by atoms with Gasteiger partial charge in [-0.3, -0.25) is 9.69 Å². The summed E-state index contributed by atoms with van der Waals surface area (Å²) in [6, 6.07) is 9.97. The maximum absolute atomic E-state index is 12.5. The molecule has 3 rings (SSSR count). The number of ketones is 1. The Hall–Kier alpha value is -1.19. The summed E-state index contributed by atoms with van der Waals surface area (Å²) < 4.78 is 0. The van der Waals surface area contributed by atoms with Crippen LogP contribution in [-0.4, -0.2) is 41.0 Å². The van der Waals surface area contributed by atoms with Crippen LogP contribution in [0.1, 0.15) is 48.9 Å². The first kappa shape index (κ1) is 14.7. The molecule has 0 bridgehead atoms. The maximum atomic E-state index is 12.5. The molecule has 3 nitrogen and oxygen atoms in total. The Balaban J connectivity index is 1.56. The van der Waals surface area contributed by atoms with Crippen molar-refractivity contribution in [3.63, 3.8) is 0 Å². The zero-order valence-electron chi connectivity index (χ0n) is 12.6. The third-order valence-corrected chi connectivity index (χ3v) is 5.12. The van der Waals surface area contributed by atoms with E-state index < -0.39 is 0 Å². The van der Waals surface area contributed by atoms with Gasteiger partial charge in [0.2, 0.25) is 0 Å². The number of likely N-dealkylation sites (tertiary alicyclic amines) is 1. The molecule has 3 heteroatoms. The number of piperidine rings is 1. The largest absolute Gasteiger partial charge is 0.391 e. The molecule has 2 fully saturated rings. The fourth-order valence-electron chi connectivity index (χ4n) is 3.85. The van der Waals surface area contributed by atoms with Gasteiger partial charge in [-0.1, -0.05) is 43.2 Å². The second-order valence-electron chi connectivity index (χ2n) is 6.46. The molecular weight excluding hydrogens is 262 g/mol. The first-order valence-electron chi connectivity index (χ1n) is 8.27. The van der Waals surface area contributed by atoms with Crippen LogP contribution in [0.15, 0.2) is 30.3 Å². The molecule has 0 amide bonds. The number of aliphatic hydroxyl groups is 1. The predicted octanol–water partition coefficient (Wildman–Crippen LogP) is 2.88. The summed E-state index contributed by atoms with van der Waals surface area (Å²) in [5.74, 6) is 0.448. The van der Waals surface area contributed by atoms with E-state index >= 15 is 0 Å². The third kappa shape index (κ3) is 3.35. The number of hydrogen-bond acceptors (Lipinski definition) is 3. The lowest BCUT2D eigenvalue weighted by atomic mass is 9.85. The first-order chi connectivity index (χ1) is 10.3. The van der Waals surface area contributed by atoms with Crippen molar-refractivity contribution < 1.29 is 9.90 Å². The highest BCUT2D eigenvalue weighted by molar-refractivity contribution is 5.97. The van der Waals surface area contributed by atoms with Gasteiger partial charge in [-0.2, -0.15) is 0 Å². The van der Waals surface area contributed by atoms with Gasteiger partial charge in [0.1, 0.15) is 0 Å². The highest BCUT2D eigenvalue weighted by Gasteiger charge is 2.33. The Kier molecular flexibility index (Phi) is 4.71. The minimum absolute atomic E-state index is 0.157. The van der Waals surface area contributed by atoms with Crippen LogP contribution < -0.4 is 0 Å². The second kappa shape index (κ2) is 6.71. The van der Waals surface area contributed by atoms with Gasteiger partial charge < -0.3 is 5.11 Å². The summed E-state index contributed by atoms with van der Waals surface area (Å²) in [7, 11) is 0. The SMILES string of the molecule is O=C(c1ccccc1)C1CCN([C@@H]2CCCC[C@H]2O)CC1. The number of rotatable bonds is 3. The topological polar surface area (TPSA) is 40.5 Å². The van der Waals surface area contributed by atoms with Crippen LogP contribution in [-0.2, 0) is 0 Å². The highest BCUT2D eigenvalue weighted by Crippen LogP contribution is 2.28. The summed E-state index contributed by atoms with van der Waals surface area (Å²) in [6.07, 6.45) is 6.12. The molecule has 1 aromatic rings. The number of carbonyl (C=O) groups excluding carboxylic acids is 1. The van der Waals surface area contributed by atoms with Crippen LogP contribution in [0.25, 0.3) is 0 Å². The summed E-state index contributed by atoms with van der Waals surface area (Å²) >= 11 is 0. The van der Waals surface area contributed by atoms with Crippen molar-refractivity contribution in [1.29, 1.82) is 0 Å². The molecule has 1 N–H and O–H groups in total. The van der Waals surface area contributed by atoms with Crippen molar-refractivity contribution in [3.05, 3.63) is 35.9 Å². The zero-order chi connectivity index (χ0) is 14.7. The van der Waals surface area contributed by atoms with E-state index in [2.05, 4.69) is 4.90 Å². The molecule has 2 aliphatic rings. The normalized spacial score (nSPS) is 28.4. The molecule has 0 spiro atoms. The van der Waals surface area contributed by atoms with Crippen molar-refractivity contribution in [2.24, 2.45) is 5.92 Å². The lowest BCUT2D eigenvalue weighted by Gasteiger charge is -2.41. The number of carbonyl (C=O) groups is 1. The maximum Gasteiger partial charge on any atom is 0.166 e. The van der Waals surface area contributed by atoms with E-state index in [-0.39, 0.29) is 12.0 Å². The molecule has 1 heterocycles. The number of hydrogen-bond donors (Lipinski definition) is 1. The van der Waals surface area contributed by atoms with E-state index in [4.69, 9.17) is 0 Å². The average Bonchev–Trinajstić information content (AvgIpc) is 2.56. The van der Waals surface area contributed by atoms with Crippen LogP contribution >= 0.6 is 0 Å². The Bertz CT molecular complexity index is 465. The molecule has 2 atom stereocenters. The monoisotopic (exact) mass is 287 g/mol. The van der Waals surface area contributed by atoms with E-state index in [9.17, 15) is 9.90 Å². The molecule has 0 radical (unpaired) electrons. The van der Waals surface area contributed by atoms with Gasteiger partial charge in [0.05, 0.1) is 6.10 Å². The van der Waals surface area contributed by atoms with Crippen LogP contribution in [0.3, 0.4) is 0 Å². The minimum atomic E-state index is -0.167. The van der Waals surface area contributed by atoms with Gasteiger partial charge in [-0.05, 0) is 38.8 Å². The van der Waals surface area contributed by atoms with Crippen molar-refractivity contribution in [1.82, 2.24) is 4.90 Å². The molecule has 1 saturated heterocycles. The molecule has 1 aromatic carbocycles. The Morgan fingerprint density at radius 3 is 2.33 bits per heavy atom. The summed E-state index contributed by atoms with van der Waals surface area (Å²) in [4.78, 5) is 14.9. The quantitative estimate of drug-likeness (QED) is 0.869. The van der Waals surface area contributed by atoms with Crippen LogP contribution in [0, 0.1) is 5.92 Å². The van der Waals surface area contributed by atoms with Crippen LogP contribution in [0.5, 0.6) is 0 Å². The number of aliphatic hydroxyl groups excluding tert-OH is 1. The van der Waals surface area contributed by atoms with E-state index in [0.29, 0.717) is 11.8 Å². The second-order valence-corrected chi connectivity index (χ2v) is 6.46. The van der Waals surface area contributed by atoms with Gasteiger partial charge in [-0.25, -0.2) is 0 Å². The van der Waals surface area contributed by atoms with Gasteiger partial charge in [0.15, 0.2) is 5.78 Å². The Morgan fingerprint density at radius 2 is 1.67 bits per heavy atom. The average molecular weight is 287 g/mol. The van der Waals surface area contributed by atoms with Gasteiger partial charge in [0.25, 0.3) is 0 Å². The third-order valence-electron chi connectivity index (χ3n) is 5.12. The molecule has 21 heavy (non-hydrogen) atoms. The van der Waals surface area contributed by atoms with Gasteiger partial charge in [-0.15, -0.1) is 0 Å². The molecule has 0 unspecified atom stereocenters. The summed E-state index contributed by atoms with van der Waals surface area (Å²) in [5.41, 5.74) is 0.841. The van der Waals surface area contributed by atoms with E-state index in [1.54, 1.807) is 0 Å². The molecule has 1 saturated carbocycles. The molecule has 0 aromatic heterocycles. The van der Waals surface area contributed by atoms with E-state index in [1.807, 2.05) is 30.3 Å². The van der Waals surface area contributed by atoms with Crippen molar-refractivity contribution in [2.45, 2.75) is 50.7 Å². The molecule has 1 aliphatic carbocycles. The molecule has 114 valence electrons.